The molecule has 0 fully saturated rings. The molecule has 0 bridgehead atoms. The molecule has 0 radical (unpaired) electrons. The van der Waals surface area contributed by atoms with Crippen molar-refractivity contribution in [1.82, 2.24) is 14.9 Å². The van der Waals surface area contributed by atoms with Gasteiger partial charge in [0.15, 0.2) is 0 Å². The summed E-state index contributed by atoms with van der Waals surface area (Å²) in [7, 11) is 0. The SMILES string of the molecule is C[C@H](c1ccc(F)cc1F)n1cnc2sc3c(c2c1=O)CCNC3. The van der Waals surface area contributed by atoms with Gasteiger partial charge in [0.25, 0.3) is 5.56 Å². The molecule has 4 nitrogen and oxygen atoms in total. The molecule has 0 amide bonds. The van der Waals surface area contributed by atoms with Gasteiger partial charge in [0.1, 0.15) is 16.5 Å². The second-order valence-electron chi connectivity index (χ2n) is 5.91. The summed E-state index contributed by atoms with van der Waals surface area (Å²) >= 11 is 1.52. The minimum absolute atomic E-state index is 0.171. The summed E-state index contributed by atoms with van der Waals surface area (Å²) < 4.78 is 28.6. The largest absolute Gasteiger partial charge is 0.312 e. The van der Waals surface area contributed by atoms with Gasteiger partial charge >= 0.3 is 0 Å². The van der Waals surface area contributed by atoms with Crippen molar-refractivity contribution in [3.05, 3.63) is 62.5 Å². The minimum atomic E-state index is -0.661. The predicted octanol–water partition coefficient (Wildman–Crippen LogP) is 2.99. The molecule has 0 aliphatic carbocycles. The van der Waals surface area contributed by atoms with Crippen LogP contribution in [-0.2, 0) is 13.0 Å². The molecule has 0 unspecified atom stereocenters. The van der Waals surface area contributed by atoms with Crippen molar-refractivity contribution in [3.8, 4) is 0 Å². The topological polar surface area (TPSA) is 46.9 Å². The van der Waals surface area contributed by atoms with Crippen LogP contribution in [0, 0.1) is 11.6 Å². The Morgan fingerprint density at radius 2 is 2.21 bits per heavy atom. The van der Waals surface area contributed by atoms with Crippen LogP contribution in [0.3, 0.4) is 0 Å². The van der Waals surface area contributed by atoms with Crippen molar-refractivity contribution in [2.24, 2.45) is 0 Å². The lowest BCUT2D eigenvalue weighted by Gasteiger charge is -2.16. The first-order valence-electron chi connectivity index (χ1n) is 7.73. The van der Waals surface area contributed by atoms with Crippen LogP contribution in [0.5, 0.6) is 0 Å². The van der Waals surface area contributed by atoms with Gasteiger partial charge in [0.05, 0.1) is 17.8 Å². The van der Waals surface area contributed by atoms with Crippen molar-refractivity contribution < 1.29 is 8.78 Å². The Morgan fingerprint density at radius 3 is 3.00 bits per heavy atom. The van der Waals surface area contributed by atoms with Crippen LogP contribution in [0.25, 0.3) is 10.2 Å². The average molecular weight is 347 g/mol. The van der Waals surface area contributed by atoms with Gasteiger partial charge in [0.2, 0.25) is 0 Å². The highest BCUT2D eigenvalue weighted by Crippen LogP contribution is 2.30. The van der Waals surface area contributed by atoms with E-state index in [-0.39, 0.29) is 11.1 Å². The predicted molar refractivity (Wildman–Crippen MR) is 89.5 cm³/mol. The fourth-order valence-electron chi connectivity index (χ4n) is 3.19. The minimum Gasteiger partial charge on any atom is -0.312 e. The fraction of sp³-hybridized carbons (Fsp3) is 0.294. The van der Waals surface area contributed by atoms with E-state index in [1.807, 2.05) is 0 Å². The number of hydrogen-bond acceptors (Lipinski definition) is 4. The van der Waals surface area contributed by atoms with Crippen LogP contribution in [0.4, 0.5) is 8.78 Å². The molecule has 24 heavy (non-hydrogen) atoms. The Labute approximate surface area is 140 Å². The maximum atomic E-state index is 14.1. The molecule has 1 aliphatic rings. The molecule has 0 saturated carbocycles. The number of thiophene rings is 1. The number of aromatic nitrogens is 2. The highest BCUT2D eigenvalue weighted by Gasteiger charge is 2.22. The summed E-state index contributed by atoms with van der Waals surface area (Å²) in [5.41, 5.74) is 1.15. The van der Waals surface area contributed by atoms with E-state index in [2.05, 4.69) is 10.3 Å². The second-order valence-corrected chi connectivity index (χ2v) is 6.99. The van der Waals surface area contributed by atoms with Crippen LogP contribution < -0.4 is 10.9 Å². The van der Waals surface area contributed by atoms with Crippen LogP contribution in [0.1, 0.15) is 29.0 Å². The zero-order valence-corrected chi connectivity index (χ0v) is 13.8. The van der Waals surface area contributed by atoms with Gasteiger partial charge in [-0.15, -0.1) is 11.3 Å². The van der Waals surface area contributed by atoms with Gasteiger partial charge in [-0.3, -0.25) is 9.36 Å². The van der Waals surface area contributed by atoms with Crippen LogP contribution in [-0.4, -0.2) is 16.1 Å². The lowest BCUT2D eigenvalue weighted by Crippen LogP contribution is -2.27. The molecule has 1 aliphatic heterocycles. The number of rotatable bonds is 2. The third kappa shape index (κ3) is 2.35. The number of hydrogen-bond donors (Lipinski definition) is 1. The lowest BCUT2D eigenvalue weighted by atomic mass is 10.1. The summed E-state index contributed by atoms with van der Waals surface area (Å²) in [6.45, 7) is 3.29. The first-order chi connectivity index (χ1) is 11.6. The Bertz CT molecular complexity index is 995. The van der Waals surface area contributed by atoms with Gasteiger partial charge in [-0.1, -0.05) is 6.07 Å². The molecular formula is C17H15F2N3OS. The van der Waals surface area contributed by atoms with Crippen LogP contribution >= 0.6 is 11.3 Å². The fourth-order valence-corrected chi connectivity index (χ4v) is 4.34. The van der Waals surface area contributed by atoms with E-state index >= 15 is 0 Å². The number of fused-ring (bicyclic) bond motifs is 3. The monoisotopic (exact) mass is 347 g/mol. The van der Waals surface area contributed by atoms with Gasteiger partial charge in [0, 0.05) is 23.1 Å². The van der Waals surface area contributed by atoms with Crippen molar-refractivity contribution >= 4 is 21.6 Å². The molecule has 4 rings (SSSR count). The molecule has 1 aromatic carbocycles. The van der Waals surface area contributed by atoms with E-state index in [0.29, 0.717) is 5.39 Å². The quantitative estimate of drug-likeness (QED) is 0.775. The molecular weight excluding hydrogens is 332 g/mol. The molecule has 124 valence electrons. The van der Waals surface area contributed by atoms with Crippen LogP contribution in [0.15, 0.2) is 29.3 Å². The van der Waals surface area contributed by atoms with Gasteiger partial charge < -0.3 is 5.32 Å². The van der Waals surface area contributed by atoms with E-state index in [9.17, 15) is 13.6 Å². The summed E-state index contributed by atoms with van der Waals surface area (Å²) in [5.74, 6) is -1.30. The number of nitrogens with one attached hydrogen (secondary N) is 1. The smallest absolute Gasteiger partial charge is 0.262 e. The first kappa shape index (κ1) is 15.4. The van der Waals surface area contributed by atoms with Gasteiger partial charge in [-0.2, -0.15) is 0 Å². The summed E-state index contributed by atoms with van der Waals surface area (Å²) in [6, 6.07) is 2.84. The van der Waals surface area contributed by atoms with Gasteiger partial charge in [-0.05, 0) is 31.5 Å². The van der Waals surface area contributed by atoms with Crippen molar-refractivity contribution in [2.75, 3.05) is 6.54 Å². The molecule has 1 N–H and O–H groups in total. The molecule has 1 atom stereocenters. The summed E-state index contributed by atoms with van der Waals surface area (Å²) in [4.78, 5) is 19.2. The summed E-state index contributed by atoms with van der Waals surface area (Å²) in [6.07, 6.45) is 2.24. The van der Waals surface area contributed by atoms with E-state index in [4.69, 9.17) is 0 Å². The maximum absolute atomic E-state index is 14.1. The third-order valence-corrected chi connectivity index (χ3v) is 5.63. The third-order valence-electron chi connectivity index (χ3n) is 4.49. The second kappa shape index (κ2) is 5.75. The zero-order chi connectivity index (χ0) is 16.8. The number of halogens is 2. The highest BCUT2D eigenvalue weighted by molar-refractivity contribution is 7.18. The number of benzene rings is 1. The Kier molecular flexibility index (Phi) is 3.69. The number of nitrogens with zero attached hydrogens (tertiary/aromatic N) is 2. The van der Waals surface area contributed by atoms with Crippen molar-refractivity contribution in [2.45, 2.75) is 25.9 Å². The molecule has 0 spiro atoms. The summed E-state index contributed by atoms with van der Waals surface area (Å²) in [5, 5.41) is 3.92. The average Bonchev–Trinajstić information content (AvgIpc) is 2.94. The Balaban J connectivity index is 1.88. The Hall–Kier alpha value is -2.12. The van der Waals surface area contributed by atoms with E-state index in [0.717, 1.165) is 40.8 Å². The molecule has 2 aromatic heterocycles. The van der Waals surface area contributed by atoms with Crippen LogP contribution in [0.2, 0.25) is 0 Å². The molecule has 0 saturated heterocycles. The Morgan fingerprint density at radius 1 is 1.38 bits per heavy atom. The van der Waals surface area contributed by atoms with Crippen molar-refractivity contribution in [3.63, 3.8) is 0 Å². The lowest BCUT2D eigenvalue weighted by molar-refractivity contribution is 0.530. The molecule has 7 heteroatoms. The van der Waals surface area contributed by atoms with Crippen molar-refractivity contribution in [1.29, 1.82) is 0 Å². The van der Waals surface area contributed by atoms with E-state index in [1.54, 1.807) is 6.92 Å². The first-order valence-corrected chi connectivity index (χ1v) is 8.55. The standard InChI is InChI=1S/C17H15F2N3OS/c1-9(11-3-2-10(18)6-13(11)19)22-8-21-16-15(17(22)23)12-4-5-20-7-14(12)24-16/h2-3,6,8-9,20H,4-5,7H2,1H3/t9-/m1/s1. The normalized spacial score (nSPS) is 15.5. The zero-order valence-electron chi connectivity index (χ0n) is 13.0. The maximum Gasteiger partial charge on any atom is 0.262 e. The molecule has 3 aromatic rings. The van der Waals surface area contributed by atoms with Gasteiger partial charge in [-0.25, -0.2) is 13.8 Å². The van der Waals surface area contributed by atoms with E-state index < -0.39 is 17.7 Å². The van der Waals surface area contributed by atoms with E-state index in [1.165, 1.54) is 34.4 Å². The highest BCUT2D eigenvalue weighted by atomic mass is 32.1. The molecule has 3 heterocycles.